The summed E-state index contributed by atoms with van der Waals surface area (Å²) in [5.41, 5.74) is 1.66. The van der Waals surface area contributed by atoms with E-state index in [0.717, 1.165) is 16.3 Å². The first kappa shape index (κ1) is 17.8. The van der Waals surface area contributed by atoms with Crippen molar-refractivity contribution in [1.29, 1.82) is 0 Å². The Morgan fingerprint density at radius 1 is 1.04 bits per heavy atom. The van der Waals surface area contributed by atoms with Crippen molar-refractivity contribution in [2.75, 3.05) is 6.61 Å². The summed E-state index contributed by atoms with van der Waals surface area (Å²) in [6.07, 6.45) is 0. The summed E-state index contributed by atoms with van der Waals surface area (Å²) in [5, 5.41) is 13.1. The molecule has 0 spiro atoms. The van der Waals surface area contributed by atoms with Gasteiger partial charge in [0.1, 0.15) is 0 Å². The molecule has 136 valence electrons. The lowest BCUT2D eigenvalue weighted by molar-refractivity contribution is 0.296. The van der Waals surface area contributed by atoms with E-state index in [0.29, 0.717) is 22.6 Å². The van der Waals surface area contributed by atoms with Crippen LogP contribution in [0.2, 0.25) is 0 Å². The van der Waals surface area contributed by atoms with Gasteiger partial charge in [-0.2, -0.15) is 0 Å². The Kier molecular flexibility index (Phi) is 4.97. The number of aliphatic hydroxyl groups excluding tert-OH is 1. The summed E-state index contributed by atoms with van der Waals surface area (Å²) in [7, 11) is 0. The molecule has 0 aliphatic rings. The van der Waals surface area contributed by atoms with Crippen LogP contribution in [0, 0.1) is 0 Å². The Balaban J connectivity index is 1.86. The van der Waals surface area contributed by atoms with Gasteiger partial charge < -0.3 is 5.11 Å². The smallest absolute Gasteiger partial charge is 0.262 e. The van der Waals surface area contributed by atoms with Gasteiger partial charge in [-0.05, 0) is 35.4 Å². The van der Waals surface area contributed by atoms with Gasteiger partial charge in [0.05, 0.1) is 22.8 Å². The third-order valence-electron chi connectivity index (χ3n) is 4.69. The molecule has 0 saturated heterocycles. The highest BCUT2D eigenvalue weighted by atomic mass is 32.2. The van der Waals surface area contributed by atoms with Gasteiger partial charge in [-0.15, -0.1) is 0 Å². The monoisotopic (exact) mass is 376 g/mol. The van der Waals surface area contributed by atoms with Gasteiger partial charge >= 0.3 is 0 Å². The van der Waals surface area contributed by atoms with E-state index in [4.69, 9.17) is 4.98 Å². The zero-order chi connectivity index (χ0) is 18.8. The third kappa shape index (κ3) is 3.36. The Bertz CT molecular complexity index is 1160. The molecule has 0 bridgehead atoms. The number of fused-ring (bicyclic) bond motifs is 2. The second kappa shape index (κ2) is 7.55. The van der Waals surface area contributed by atoms with Gasteiger partial charge in [0.25, 0.3) is 5.56 Å². The van der Waals surface area contributed by atoms with Crippen molar-refractivity contribution >= 4 is 33.4 Å². The number of benzene rings is 3. The lowest BCUT2D eigenvalue weighted by Gasteiger charge is -2.17. The number of aliphatic hydroxyl groups is 1. The average Bonchev–Trinajstić information content (AvgIpc) is 2.71. The van der Waals surface area contributed by atoms with Gasteiger partial charge in [0.2, 0.25) is 0 Å². The fourth-order valence-corrected chi connectivity index (χ4v) is 4.37. The van der Waals surface area contributed by atoms with Gasteiger partial charge in [-0.25, -0.2) is 4.98 Å². The summed E-state index contributed by atoms with van der Waals surface area (Å²) in [4.78, 5) is 17.9. The fourth-order valence-electron chi connectivity index (χ4n) is 3.26. The molecule has 3 aromatic carbocycles. The Hall–Kier alpha value is -2.63. The molecule has 1 N–H and O–H groups in total. The summed E-state index contributed by atoms with van der Waals surface area (Å²) in [6, 6.07) is 21.7. The molecule has 5 heteroatoms. The van der Waals surface area contributed by atoms with E-state index >= 15 is 0 Å². The number of thioether (sulfide) groups is 1. The molecule has 1 aromatic heterocycles. The first-order chi connectivity index (χ1) is 13.2. The Morgan fingerprint density at radius 2 is 1.70 bits per heavy atom. The van der Waals surface area contributed by atoms with Gasteiger partial charge in [-0.1, -0.05) is 66.4 Å². The van der Waals surface area contributed by atoms with Gasteiger partial charge in [0.15, 0.2) is 5.16 Å². The van der Waals surface area contributed by atoms with Crippen LogP contribution in [0.3, 0.4) is 0 Å². The van der Waals surface area contributed by atoms with Crippen LogP contribution in [-0.4, -0.2) is 21.3 Å². The van der Waals surface area contributed by atoms with Crippen LogP contribution < -0.4 is 5.56 Å². The Morgan fingerprint density at radius 3 is 2.37 bits per heavy atom. The van der Waals surface area contributed by atoms with E-state index in [1.54, 1.807) is 4.57 Å². The van der Waals surface area contributed by atoms with E-state index < -0.39 is 0 Å². The van der Waals surface area contributed by atoms with Crippen molar-refractivity contribution in [3.05, 3.63) is 82.6 Å². The topological polar surface area (TPSA) is 55.1 Å². The van der Waals surface area contributed by atoms with E-state index in [9.17, 15) is 9.90 Å². The summed E-state index contributed by atoms with van der Waals surface area (Å²) >= 11 is 1.43. The lowest BCUT2D eigenvalue weighted by atomic mass is 10.1. The molecule has 0 amide bonds. The number of aromatic nitrogens is 2. The summed E-state index contributed by atoms with van der Waals surface area (Å²) in [6.45, 7) is 2.45. The molecular weight excluding hydrogens is 356 g/mol. The number of nitrogens with zero attached hydrogens (tertiary/aromatic N) is 2. The van der Waals surface area contributed by atoms with E-state index in [-0.39, 0.29) is 17.4 Å². The maximum absolute atomic E-state index is 13.1. The first-order valence-corrected chi connectivity index (χ1v) is 9.85. The minimum atomic E-state index is -0.172. The lowest BCUT2D eigenvalue weighted by Crippen LogP contribution is -2.23. The predicted octanol–water partition coefficient (Wildman–Crippen LogP) is 4.40. The standard InChI is InChI=1S/C22H20N2O2S/c1-2-24-21(26)18-12-16-10-6-7-11-17(16)13-19(18)23-22(24)27-20(14-25)15-8-4-3-5-9-15/h3-13,20,25H,2,14H2,1H3. The second-order valence-electron chi connectivity index (χ2n) is 6.36. The van der Waals surface area contributed by atoms with Crippen molar-refractivity contribution in [3.8, 4) is 0 Å². The van der Waals surface area contributed by atoms with Crippen molar-refractivity contribution < 1.29 is 5.11 Å². The van der Waals surface area contributed by atoms with Crippen LogP contribution in [0.25, 0.3) is 21.7 Å². The number of rotatable bonds is 5. The highest BCUT2D eigenvalue weighted by molar-refractivity contribution is 7.99. The highest BCUT2D eigenvalue weighted by Crippen LogP contribution is 2.34. The molecule has 1 atom stereocenters. The third-order valence-corrected chi connectivity index (χ3v) is 5.92. The molecule has 4 rings (SSSR count). The molecular formula is C22H20N2O2S. The average molecular weight is 376 g/mol. The van der Waals surface area contributed by atoms with Crippen LogP contribution in [0.15, 0.2) is 76.7 Å². The van der Waals surface area contributed by atoms with Crippen molar-refractivity contribution in [2.45, 2.75) is 23.9 Å². The number of hydrogen-bond donors (Lipinski definition) is 1. The van der Waals surface area contributed by atoms with Crippen LogP contribution in [0.4, 0.5) is 0 Å². The molecule has 4 nitrogen and oxygen atoms in total. The predicted molar refractivity (Wildman–Crippen MR) is 111 cm³/mol. The molecule has 0 radical (unpaired) electrons. The molecule has 0 aliphatic carbocycles. The van der Waals surface area contributed by atoms with Crippen molar-refractivity contribution in [1.82, 2.24) is 9.55 Å². The quantitative estimate of drug-likeness (QED) is 0.319. The first-order valence-electron chi connectivity index (χ1n) is 8.97. The molecule has 0 saturated carbocycles. The van der Waals surface area contributed by atoms with E-state index in [2.05, 4.69) is 0 Å². The van der Waals surface area contributed by atoms with Crippen LogP contribution in [-0.2, 0) is 6.54 Å². The van der Waals surface area contributed by atoms with Crippen molar-refractivity contribution in [3.63, 3.8) is 0 Å². The summed E-state index contributed by atoms with van der Waals surface area (Å²) in [5.74, 6) is 0. The van der Waals surface area contributed by atoms with Gasteiger partial charge in [-0.3, -0.25) is 9.36 Å². The van der Waals surface area contributed by atoms with Crippen LogP contribution >= 0.6 is 11.8 Å². The maximum Gasteiger partial charge on any atom is 0.262 e. The fraction of sp³-hybridized carbons (Fsp3) is 0.182. The molecule has 1 unspecified atom stereocenters. The summed E-state index contributed by atoms with van der Waals surface area (Å²) < 4.78 is 1.69. The largest absolute Gasteiger partial charge is 0.395 e. The molecule has 1 heterocycles. The zero-order valence-electron chi connectivity index (χ0n) is 15.0. The molecule has 0 fully saturated rings. The van der Waals surface area contributed by atoms with E-state index in [1.165, 1.54) is 11.8 Å². The maximum atomic E-state index is 13.1. The van der Waals surface area contributed by atoms with Crippen LogP contribution in [0.5, 0.6) is 0 Å². The SMILES string of the molecule is CCn1c(SC(CO)c2ccccc2)nc2cc3ccccc3cc2c1=O. The zero-order valence-corrected chi connectivity index (χ0v) is 15.8. The van der Waals surface area contributed by atoms with Crippen molar-refractivity contribution in [2.24, 2.45) is 0 Å². The molecule has 0 aliphatic heterocycles. The Labute approximate surface area is 161 Å². The second-order valence-corrected chi connectivity index (χ2v) is 7.53. The molecule has 27 heavy (non-hydrogen) atoms. The minimum Gasteiger partial charge on any atom is -0.395 e. The van der Waals surface area contributed by atoms with Crippen LogP contribution in [0.1, 0.15) is 17.7 Å². The minimum absolute atomic E-state index is 0.0238. The van der Waals surface area contributed by atoms with E-state index in [1.807, 2.05) is 73.7 Å². The number of hydrogen-bond acceptors (Lipinski definition) is 4. The molecule has 4 aromatic rings. The van der Waals surface area contributed by atoms with Gasteiger partial charge in [0, 0.05) is 6.54 Å². The normalized spacial score (nSPS) is 12.5. The highest BCUT2D eigenvalue weighted by Gasteiger charge is 2.18.